The number of likely N-dealkylation sites (tertiary alicyclic amines) is 1. The first-order valence-electron chi connectivity index (χ1n) is 9.31. The van der Waals surface area contributed by atoms with E-state index in [4.69, 9.17) is 4.98 Å². The molecular weight excluding hydrogens is 334 g/mol. The Kier molecular flexibility index (Phi) is 4.85. The van der Waals surface area contributed by atoms with Gasteiger partial charge in [0.05, 0.1) is 0 Å². The zero-order chi connectivity index (χ0) is 18.1. The highest BCUT2D eigenvalue weighted by Crippen LogP contribution is 2.38. The van der Waals surface area contributed by atoms with Gasteiger partial charge in [-0.2, -0.15) is 0 Å². The molecule has 2 aromatic rings. The lowest BCUT2D eigenvalue weighted by atomic mass is 10.0. The normalized spacial score (nSPS) is 21.0. The minimum Gasteiger partial charge on any atom is -0.355 e. The van der Waals surface area contributed by atoms with Crippen molar-refractivity contribution < 1.29 is 8.78 Å². The van der Waals surface area contributed by atoms with Gasteiger partial charge in [0, 0.05) is 44.4 Å². The number of rotatable bonds is 5. The van der Waals surface area contributed by atoms with E-state index in [1.807, 2.05) is 12.3 Å². The lowest BCUT2D eigenvalue weighted by Gasteiger charge is -2.38. The average molecular weight is 358 g/mol. The number of hydrogen-bond donors (Lipinski definition) is 0. The van der Waals surface area contributed by atoms with Crippen LogP contribution in [0, 0.1) is 11.6 Å². The molecular formula is C20H24F2N4. The molecule has 1 aliphatic heterocycles. The number of anilines is 1. The maximum Gasteiger partial charge on any atom is 0.133 e. The molecule has 6 heteroatoms. The Morgan fingerprint density at radius 1 is 1.15 bits per heavy atom. The monoisotopic (exact) mass is 358 g/mol. The van der Waals surface area contributed by atoms with Crippen molar-refractivity contribution in [3.8, 4) is 0 Å². The van der Waals surface area contributed by atoms with Crippen molar-refractivity contribution in [3.05, 3.63) is 53.5 Å². The minimum absolute atomic E-state index is 0.337. The predicted octanol–water partition coefficient (Wildman–Crippen LogP) is 3.73. The number of likely N-dealkylation sites (N-methyl/N-ethyl adjacent to an activating group) is 1. The van der Waals surface area contributed by atoms with Crippen LogP contribution in [0.2, 0.25) is 0 Å². The summed E-state index contributed by atoms with van der Waals surface area (Å²) in [5, 5.41) is 0. The third-order valence-corrected chi connectivity index (χ3v) is 5.32. The van der Waals surface area contributed by atoms with Gasteiger partial charge >= 0.3 is 0 Å². The van der Waals surface area contributed by atoms with Gasteiger partial charge in [0.1, 0.15) is 23.3 Å². The van der Waals surface area contributed by atoms with Gasteiger partial charge in [-0.15, -0.1) is 0 Å². The fourth-order valence-electron chi connectivity index (χ4n) is 3.74. The molecule has 4 rings (SSSR count). The number of halogens is 2. The Balaban J connectivity index is 1.43. The van der Waals surface area contributed by atoms with E-state index in [1.54, 1.807) is 0 Å². The Morgan fingerprint density at radius 3 is 2.65 bits per heavy atom. The maximum absolute atomic E-state index is 13.4. The van der Waals surface area contributed by atoms with Gasteiger partial charge in [0.25, 0.3) is 0 Å². The summed E-state index contributed by atoms with van der Waals surface area (Å²) in [6, 6.07) is 6.06. The van der Waals surface area contributed by atoms with Crippen LogP contribution in [0.15, 0.2) is 30.5 Å². The molecule has 1 aliphatic carbocycles. The van der Waals surface area contributed by atoms with E-state index < -0.39 is 11.6 Å². The molecule has 0 bridgehead atoms. The van der Waals surface area contributed by atoms with Gasteiger partial charge in [-0.25, -0.2) is 18.7 Å². The average Bonchev–Trinajstić information content (AvgIpc) is 3.46. The van der Waals surface area contributed by atoms with Crippen LogP contribution in [-0.2, 0) is 6.54 Å². The lowest BCUT2D eigenvalue weighted by Crippen LogP contribution is -2.46. The van der Waals surface area contributed by atoms with Crippen LogP contribution in [0.4, 0.5) is 14.6 Å². The molecule has 2 heterocycles. The van der Waals surface area contributed by atoms with Crippen LogP contribution in [-0.4, -0.2) is 41.0 Å². The largest absolute Gasteiger partial charge is 0.355 e. The van der Waals surface area contributed by atoms with Crippen LogP contribution < -0.4 is 4.90 Å². The van der Waals surface area contributed by atoms with E-state index in [2.05, 4.69) is 21.8 Å². The molecule has 1 atom stereocenters. The second-order valence-corrected chi connectivity index (χ2v) is 7.47. The van der Waals surface area contributed by atoms with Crippen molar-refractivity contribution >= 4 is 5.82 Å². The number of aromatic nitrogens is 2. The molecule has 0 radical (unpaired) electrons. The molecule has 1 aromatic heterocycles. The molecule has 0 N–H and O–H groups in total. The van der Waals surface area contributed by atoms with Crippen LogP contribution in [0.25, 0.3) is 0 Å². The number of hydrogen-bond acceptors (Lipinski definition) is 4. The second-order valence-electron chi connectivity index (χ2n) is 7.47. The summed E-state index contributed by atoms with van der Waals surface area (Å²) in [5.41, 5.74) is 0.684. The predicted molar refractivity (Wildman–Crippen MR) is 97.1 cm³/mol. The van der Waals surface area contributed by atoms with Crippen LogP contribution in [0.3, 0.4) is 0 Å². The third kappa shape index (κ3) is 4.01. The summed E-state index contributed by atoms with van der Waals surface area (Å²) in [5.74, 6) is 1.43. The molecule has 2 aliphatic rings. The van der Waals surface area contributed by atoms with Crippen LogP contribution >= 0.6 is 0 Å². The molecule has 1 saturated heterocycles. The van der Waals surface area contributed by atoms with E-state index in [9.17, 15) is 8.78 Å². The highest BCUT2D eigenvalue weighted by Gasteiger charge is 2.28. The van der Waals surface area contributed by atoms with Gasteiger partial charge in [-0.3, -0.25) is 4.90 Å². The number of benzene rings is 1. The lowest BCUT2D eigenvalue weighted by molar-refractivity contribution is 0.198. The van der Waals surface area contributed by atoms with Crippen molar-refractivity contribution in [2.24, 2.45) is 0 Å². The summed E-state index contributed by atoms with van der Waals surface area (Å²) < 4.78 is 26.9. The molecule has 4 nitrogen and oxygen atoms in total. The van der Waals surface area contributed by atoms with E-state index in [0.29, 0.717) is 24.1 Å². The van der Waals surface area contributed by atoms with Crippen molar-refractivity contribution in [2.75, 3.05) is 25.0 Å². The standard InChI is InChI=1S/C20H24F2N4/c1-25(19-6-7-23-20(24-19)15-4-5-15)18-3-2-8-26(13-18)12-14-9-16(21)11-17(22)10-14/h6-7,9-11,15,18H,2-5,8,12-13H2,1H3. The summed E-state index contributed by atoms with van der Waals surface area (Å²) in [7, 11) is 2.08. The highest BCUT2D eigenvalue weighted by atomic mass is 19.1. The van der Waals surface area contributed by atoms with Crippen molar-refractivity contribution in [1.82, 2.24) is 14.9 Å². The maximum atomic E-state index is 13.4. The third-order valence-electron chi connectivity index (χ3n) is 5.32. The molecule has 2 fully saturated rings. The molecule has 26 heavy (non-hydrogen) atoms. The first-order chi connectivity index (χ1) is 12.6. The molecule has 1 unspecified atom stereocenters. The summed E-state index contributed by atoms with van der Waals surface area (Å²) in [6.07, 6.45) is 6.38. The summed E-state index contributed by atoms with van der Waals surface area (Å²) >= 11 is 0. The van der Waals surface area contributed by atoms with Gasteiger partial charge in [0.2, 0.25) is 0 Å². The SMILES string of the molecule is CN(c1ccnc(C2CC2)n1)C1CCCN(Cc2cc(F)cc(F)c2)C1. The molecule has 0 spiro atoms. The first kappa shape index (κ1) is 17.3. The molecule has 0 amide bonds. The van der Waals surface area contributed by atoms with E-state index in [1.165, 1.54) is 25.0 Å². The fraction of sp³-hybridized carbons (Fsp3) is 0.500. The second kappa shape index (κ2) is 7.27. The zero-order valence-corrected chi connectivity index (χ0v) is 15.0. The molecule has 1 aromatic carbocycles. The van der Waals surface area contributed by atoms with Gasteiger partial charge < -0.3 is 4.90 Å². The van der Waals surface area contributed by atoms with E-state index in [-0.39, 0.29) is 0 Å². The van der Waals surface area contributed by atoms with Gasteiger partial charge in [-0.1, -0.05) is 0 Å². The number of piperidine rings is 1. The van der Waals surface area contributed by atoms with Crippen LogP contribution in [0.5, 0.6) is 0 Å². The molecule has 1 saturated carbocycles. The Morgan fingerprint density at radius 2 is 1.92 bits per heavy atom. The van der Waals surface area contributed by atoms with E-state index in [0.717, 1.165) is 43.6 Å². The Bertz CT molecular complexity index is 758. The Labute approximate surface area is 152 Å². The zero-order valence-electron chi connectivity index (χ0n) is 15.0. The van der Waals surface area contributed by atoms with Crippen molar-refractivity contribution in [2.45, 2.75) is 44.2 Å². The van der Waals surface area contributed by atoms with Crippen molar-refractivity contribution in [1.29, 1.82) is 0 Å². The smallest absolute Gasteiger partial charge is 0.133 e. The quantitative estimate of drug-likeness (QED) is 0.815. The van der Waals surface area contributed by atoms with Crippen LogP contribution in [0.1, 0.15) is 43.0 Å². The minimum atomic E-state index is -0.515. The van der Waals surface area contributed by atoms with Gasteiger partial charge in [-0.05, 0) is 56.0 Å². The van der Waals surface area contributed by atoms with Crippen molar-refractivity contribution in [3.63, 3.8) is 0 Å². The summed E-state index contributed by atoms with van der Waals surface area (Å²) in [4.78, 5) is 13.6. The topological polar surface area (TPSA) is 32.3 Å². The highest BCUT2D eigenvalue weighted by molar-refractivity contribution is 5.38. The summed E-state index contributed by atoms with van der Waals surface area (Å²) in [6.45, 7) is 2.37. The first-order valence-corrected chi connectivity index (χ1v) is 9.31. The van der Waals surface area contributed by atoms with Gasteiger partial charge in [0.15, 0.2) is 0 Å². The number of nitrogens with zero attached hydrogens (tertiary/aromatic N) is 4. The Hall–Kier alpha value is -2.08. The fourth-order valence-corrected chi connectivity index (χ4v) is 3.74. The molecule has 138 valence electrons. The van der Waals surface area contributed by atoms with E-state index >= 15 is 0 Å².